The SMILES string of the molecule is [2H]P/C=C(\C)c1ccccc1. The summed E-state index contributed by atoms with van der Waals surface area (Å²) in [6.07, 6.45) is 0. The van der Waals surface area contributed by atoms with Gasteiger partial charge in [0.2, 0.25) is 0 Å². The van der Waals surface area contributed by atoms with E-state index in [-0.39, 0.29) is 9.18 Å². The third-order valence-electron chi connectivity index (χ3n) is 1.45. The second-order valence-corrected chi connectivity index (χ2v) is 2.48. The summed E-state index contributed by atoms with van der Waals surface area (Å²) in [5, 5.41) is 0. The Morgan fingerprint density at radius 3 is 2.80 bits per heavy atom. The molecule has 0 N–H and O–H groups in total. The van der Waals surface area contributed by atoms with Crippen molar-refractivity contribution in [3.63, 3.8) is 0 Å². The first kappa shape index (κ1) is 6.12. The molecule has 10 heavy (non-hydrogen) atoms. The molecule has 0 fully saturated rings. The summed E-state index contributed by atoms with van der Waals surface area (Å²) in [5.74, 6) is 1.94. The highest BCUT2D eigenvalue weighted by molar-refractivity contribution is 7.21. The van der Waals surface area contributed by atoms with E-state index in [1.807, 2.05) is 30.9 Å². The maximum Gasteiger partial charge on any atom is 0.0588 e. The largest absolute Gasteiger partial charge is 0.113 e. The van der Waals surface area contributed by atoms with Crippen LogP contribution in [0.4, 0.5) is 0 Å². The smallest absolute Gasteiger partial charge is 0.0588 e. The Balaban J connectivity index is 2.85. The Morgan fingerprint density at radius 1 is 1.50 bits per heavy atom. The molecule has 0 heterocycles. The second kappa shape index (κ2) is 3.53. The third kappa shape index (κ3) is 1.68. The van der Waals surface area contributed by atoms with Gasteiger partial charge in [0.05, 0.1) is 1.28 Å². The highest BCUT2D eigenvalue weighted by Gasteiger charge is 1.88. The average molecular weight is 151 g/mol. The Labute approximate surface area is 65.4 Å². The van der Waals surface area contributed by atoms with Crippen molar-refractivity contribution in [1.82, 2.24) is 0 Å². The predicted octanol–water partition coefficient (Wildman–Crippen LogP) is 2.92. The molecule has 0 aliphatic rings. The maximum atomic E-state index is 7.03. The molecule has 1 rings (SSSR count). The van der Waals surface area contributed by atoms with Gasteiger partial charge in [-0.3, -0.25) is 0 Å². The zero-order chi connectivity index (χ0) is 8.10. The van der Waals surface area contributed by atoms with Crippen LogP contribution in [0.25, 0.3) is 5.57 Å². The van der Waals surface area contributed by atoms with Crippen LogP contribution in [0.1, 0.15) is 12.5 Å². The Hall–Kier alpha value is -0.610. The topological polar surface area (TPSA) is 0 Å². The van der Waals surface area contributed by atoms with Crippen LogP contribution < -0.4 is 0 Å². The van der Waals surface area contributed by atoms with Gasteiger partial charge in [0, 0.05) is 0 Å². The lowest BCUT2D eigenvalue weighted by Gasteiger charge is -1.97. The van der Waals surface area contributed by atoms with Crippen LogP contribution in [0.5, 0.6) is 0 Å². The molecule has 1 unspecified atom stereocenters. The van der Waals surface area contributed by atoms with Gasteiger partial charge in [-0.2, -0.15) is 0 Å². The number of benzene rings is 1. The van der Waals surface area contributed by atoms with Gasteiger partial charge in [-0.05, 0) is 18.1 Å². The minimum atomic E-state index is 0.152. The summed E-state index contributed by atoms with van der Waals surface area (Å²) in [5.41, 5.74) is 2.41. The van der Waals surface area contributed by atoms with Crippen molar-refractivity contribution in [3.8, 4) is 0 Å². The molecule has 0 bridgehead atoms. The van der Waals surface area contributed by atoms with Crippen LogP contribution in [0.2, 0.25) is 0 Å². The summed E-state index contributed by atoms with van der Waals surface area (Å²) in [4.78, 5) is 0. The van der Waals surface area contributed by atoms with E-state index in [9.17, 15) is 0 Å². The molecule has 1 heteroatoms. The van der Waals surface area contributed by atoms with E-state index in [0.29, 0.717) is 0 Å². The minimum absolute atomic E-state index is 0.152. The Morgan fingerprint density at radius 2 is 2.20 bits per heavy atom. The second-order valence-electron chi connectivity index (χ2n) is 2.19. The summed E-state index contributed by atoms with van der Waals surface area (Å²) in [6.45, 7) is 2.04. The molecule has 0 saturated heterocycles. The fraction of sp³-hybridized carbons (Fsp3) is 0.111. The van der Waals surface area contributed by atoms with Crippen LogP contribution in [0.3, 0.4) is 0 Å². The van der Waals surface area contributed by atoms with Gasteiger partial charge in [-0.15, -0.1) is 9.18 Å². The van der Waals surface area contributed by atoms with E-state index in [4.69, 9.17) is 1.28 Å². The summed E-state index contributed by atoms with van der Waals surface area (Å²) < 4.78 is 7.03. The van der Waals surface area contributed by atoms with E-state index in [1.54, 1.807) is 0 Å². The fourth-order valence-corrected chi connectivity index (χ4v) is 0.951. The first-order valence-electron chi connectivity index (χ1n) is 3.74. The van der Waals surface area contributed by atoms with Gasteiger partial charge in [0.25, 0.3) is 0 Å². The summed E-state index contributed by atoms with van der Waals surface area (Å²) >= 11 is 0. The van der Waals surface area contributed by atoms with E-state index in [2.05, 4.69) is 12.1 Å². The van der Waals surface area contributed by atoms with Crippen molar-refractivity contribution in [2.45, 2.75) is 6.92 Å². The van der Waals surface area contributed by atoms with E-state index >= 15 is 0 Å². The molecule has 52 valence electrons. The molecule has 1 aromatic carbocycles. The molecule has 1 aromatic rings. The molecule has 0 saturated carbocycles. The monoisotopic (exact) mass is 151 g/mol. The molecule has 0 nitrogen and oxygen atoms in total. The number of rotatable bonds is 2. The van der Waals surface area contributed by atoms with Crippen molar-refractivity contribution in [3.05, 3.63) is 41.7 Å². The van der Waals surface area contributed by atoms with Gasteiger partial charge in [-0.25, -0.2) is 0 Å². The first-order valence-corrected chi connectivity index (χ1v) is 3.82. The Bertz CT molecular complexity index is 241. The highest BCUT2D eigenvalue weighted by atomic mass is 31.0. The van der Waals surface area contributed by atoms with Gasteiger partial charge >= 0.3 is 0 Å². The average Bonchev–Trinajstić information content (AvgIpc) is 2.07. The highest BCUT2D eigenvalue weighted by Crippen LogP contribution is 2.13. The zero-order valence-electron chi connectivity index (χ0n) is 6.96. The van der Waals surface area contributed by atoms with Crippen LogP contribution in [0, 0.1) is 0 Å². The maximum absolute atomic E-state index is 7.03. The van der Waals surface area contributed by atoms with Gasteiger partial charge in [-0.1, -0.05) is 36.1 Å². The lowest BCUT2D eigenvalue weighted by Crippen LogP contribution is -1.74. The zero-order valence-corrected chi connectivity index (χ0v) is 6.96. The molecule has 0 spiro atoms. The van der Waals surface area contributed by atoms with Crippen LogP contribution in [-0.2, 0) is 0 Å². The first-order chi connectivity index (χ1) is 5.34. The lowest BCUT2D eigenvalue weighted by molar-refractivity contribution is 1.58. The molecule has 0 aliphatic carbocycles. The lowest BCUT2D eigenvalue weighted by atomic mass is 10.1. The van der Waals surface area contributed by atoms with Crippen molar-refractivity contribution in [2.24, 2.45) is 0 Å². The molecule has 0 aliphatic heterocycles. The van der Waals surface area contributed by atoms with Crippen molar-refractivity contribution in [2.75, 3.05) is 0 Å². The van der Waals surface area contributed by atoms with Gasteiger partial charge < -0.3 is 0 Å². The number of allylic oxidation sites excluding steroid dienone is 1. The minimum Gasteiger partial charge on any atom is -0.113 e. The number of hydrogen-bond acceptors (Lipinski definition) is 0. The summed E-state index contributed by atoms with van der Waals surface area (Å²) in [7, 11) is 0.152. The van der Waals surface area contributed by atoms with Crippen LogP contribution in [-0.4, -0.2) is 1.28 Å². The predicted molar refractivity (Wildman–Crippen MR) is 49.8 cm³/mol. The van der Waals surface area contributed by atoms with E-state index < -0.39 is 0 Å². The molecule has 0 radical (unpaired) electrons. The number of hydrogen-bond donors (Lipinski definition) is 0. The molecule has 0 aromatic heterocycles. The molecule has 1 atom stereocenters. The Kier molecular flexibility index (Phi) is 2.16. The van der Waals surface area contributed by atoms with Crippen molar-refractivity contribution in [1.29, 1.82) is 1.28 Å². The summed E-state index contributed by atoms with van der Waals surface area (Å²) in [6, 6.07) is 10.1. The normalized spacial score (nSPS) is 14.1. The standard InChI is InChI=1S/C9H11P/c1-8(7-10)9-5-3-2-4-6-9/h2-7H,10H2,1H3/b8-7+/i10D. The van der Waals surface area contributed by atoms with Crippen LogP contribution >= 0.6 is 9.18 Å². The third-order valence-corrected chi connectivity index (χ3v) is 1.88. The molecule has 0 amide bonds. The molecular formula is C9H11P. The molecular weight excluding hydrogens is 139 g/mol. The quantitative estimate of drug-likeness (QED) is 0.570. The van der Waals surface area contributed by atoms with E-state index in [0.717, 1.165) is 0 Å². The van der Waals surface area contributed by atoms with Crippen molar-refractivity contribution < 1.29 is 0 Å². The van der Waals surface area contributed by atoms with Gasteiger partial charge in [0.1, 0.15) is 0 Å². The fourth-order valence-electron chi connectivity index (χ4n) is 0.784. The van der Waals surface area contributed by atoms with Crippen LogP contribution in [0.15, 0.2) is 36.1 Å². The van der Waals surface area contributed by atoms with Crippen molar-refractivity contribution >= 4 is 14.8 Å². The van der Waals surface area contributed by atoms with E-state index in [1.165, 1.54) is 11.1 Å². The van der Waals surface area contributed by atoms with Gasteiger partial charge in [0.15, 0.2) is 0 Å².